The van der Waals surface area contributed by atoms with Crippen LogP contribution in [-0.2, 0) is 0 Å². The maximum absolute atomic E-state index is 14.7. The van der Waals surface area contributed by atoms with Crippen molar-refractivity contribution < 1.29 is 13.5 Å². The highest BCUT2D eigenvalue weighted by Gasteiger charge is 2.39. The Labute approximate surface area is 187 Å². The maximum atomic E-state index is 14.7. The van der Waals surface area contributed by atoms with Crippen LogP contribution in [0.4, 0.5) is 8.78 Å². The Morgan fingerprint density at radius 1 is 0.871 bits per heavy atom. The van der Waals surface area contributed by atoms with Crippen LogP contribution in [0.5, 0.6) is 5.75 Å². The van der Waals surface area contributed by atoms with Gasteiger partial charge in [-0.15, -0.1) is 0 Å². The lowest BCUT2D eigenvalue weighted by Crippen LogP contribution is -2.34. The van der Waals surface area contributed by atoms with Crippen LogP contribution in [0, 0.1) is 41.2 Å². The molecule has 3 saturated carbocycles. The van der Waals surface area contributed by atoms with E-state index in [1.54, 1.807) is 12.1 Å². The van der Waals surface area contributed by atoms with Gasteiger partial charge >= 0.3 is 0 Å². The topological polar surface area (TPSA) is 9.23 Å². The van der Waals surface area contributed by atoms with E-state index in [9.17, 15) is 8.78 Å². The second kappa shape index (κ2) is 10.5. The molecule has 0 saturated heterocycles. The molecule has 0 radical (unpaired) electrons. The number of ether oxygens (including phenoxy) is 1. The van der Waals surface area contributed by atoms with Crippen molar-refractivity contribution in [2.45, 2.75) is 89.9 Å². The molecular formula is C28H40F2O. The largest absolute Gasteiger partial charge is 0.486 e. The molecule has 0 amide bonds. The summed E-state index contributed by atoms with van der Waals surface area (Å²) in [7, 11) is 0. The summed E-state index contributed by atoms with van der Waals surface area (Å²) in [6.07, 6.45) is 17.2. The Morgan fingerprint density at radius 3 is 2.23 bits per heavy atom. The Kier molecular flexibility index (Phi) is 7.72. The molecule has 3 aliphatic carbocycles. The Balaban J connectivity index is 1.30. The Morgan fingerprint density at radius 2 is 1.52 bits per heavy atom. The van der Waals surface area contributed by atoms with Gasteiger partial charge in [0.25, 0.3) is 0 Å². The monoisotopic (exact) mass is 430 g/mol. The normalized spacial score (nSPS) is 33.5. The zero-order valence-electron chi connectivity index (χ0n) is 19.3. The molecule has 0 N–H and O–H groups in total. The van der Waals surface area contributed by atoms with Crippen molar-refractivity contribution in [3.63, 3.8) is 0 Å². The Hall–Kier alpha value is -1.38. The first-order chi connectivity index (χ1) is 15.1. The SMILES string of the molecule is C=CCOc1ccc(C2CCC(C3CCC4CC(CCC)CCC4C3)CC2)c(F)c1F. The number of benzene rings is 1. The highest BCUT2D eigenvalue weighted by atomic mass is 19.2. The summed E-state index contributed by atoms with van der Waals surface area (Å²) in [6.45, 7) is 6.06. The zero-order valence-corrected chi connectivity index (χ0v) is 19.3. The summed E-state index contributed by atoms with van der Waals surface area (Å²) in [5.41, 5.74) is 0.542. The molecule has 0 aromatic heterocycles. The molecule has 0 bridgehead atoms. The molecule has 3 fully saturated rings. The molecule has 3 heteroatoms. The van der Waals surface area contributed by atoms with E-state index in [2.05, 4.69) is 13.5 Å². The minimum Gasteiger partial charge on any atom is -0.486 e. The second-order valence-corrected chi connectivity index (χ2v) is 10.6. The molecule has 1 nitrogen and oxygen atoms in total. The van der Waals surface area contributed by atoms with E-state index >= 15 is 0 Å². The third kappa shape index (κ3) is 5.17. The van der Waals surface area contributed by atoms with E-state index in [0.717, 1.165) is 42.4 Å². The van der Waals surface area contributed by atoms with Crippen LogP contribution in [0.1, 0.15) is 95.5 Å². The van der Waals surface area contributed by atoms with E-state index in [0.29, 0.717) is 5.56 Å². The molecule has 1 aromatic rings. The van der Waals surface area contributed by atoms with Gasteiger partial charge in [-0.25, -0.2) is 4.39 Å². The molecule has 3 aliphatic rings. The fourth-order valence-corrected chi connectivity index (χ4v) is 7.15. The van der Waals surface area contributed by atoms with Crippen molar-refractivity contribution in [2.24, 2.45) is 29.6 Å². The molecule has 4 rings (SSSR count). The molecule has 31 heavy (non-hydrogen) atoms. The molecule has 1 aromatic carbocycles. The van der Waals surface area contributed by atoms with Crippen LogP contribution in [0.25, 0.3) is 0 Å². The number of fused-ring (bicyclic) bond motifs is 1. The van der Waals surface area contributed by atoms with Gasteiger partial charge in [0.05, 0.1) is 0 Å². The van der Waals surface area contributed by atoms with E-state index in [-0.39, 0.29) is 18.3 Å². The zero-order chi connectivity index (χ0) is 21.8. The molecule has 4 unspecified atom stereocenters. The smallest absolute Gasteiger partial charge is 0.200 e. The van der Waals surface area contributed by atoms with Crippen LogP contribution in [0.15, 0.2) is 24.8 Å². The minimum atomic E-state index is -0.849. The van der Waals surface area contributed by atoms with Gasteiger partial charge in [0.2, 0.25) is 5.82 Å². The highest BCUT2D eigenvalue weighted by Crippen LogP contribution is 2.50. The molecular weight excluding hydrogens is 390 g/mol. The van der Waals surface area contributed by atoms with Gasteiger partial charge in [-0.05, 0) is 105 Å². The summed E-state index contributed by atoms with van der Waals surface area (Å²) in [6, 6.07) is 3.32. The molecule has 0 spiro atoms. The standard InChI is InChI=1S/C28H40F2O/c1-3-5-19-6-7-24-18-23(13-12-22(24)17-19)20-8-10-21(11-9-20)25-14-15-26(31-16-4-2)28(30)27(25)29/h4,14-15,19-24H,2-3,5-13,16-18H2,1H3. The van der Waals surface area contributed by atoms with Gasteiger partial charge in [0, 0.05) is 0 Å². The van der Waals surface area contributed by atoms with Crippen molar-refractivity contribution in [3.8, 4) is 5.75 Å². The molecule has 0 heterocycles. The van der Waals surface area contributed by atoms with Crippen LogP contribution in [0.2, 0.25) is 0 Å². The number of hydrogen-bond acceptors (Lipinski definition) is 1. The molecule has 4 atom stereocenters. The average molecular weight is 431 g/mol. The van der Waals surface area contributed by atoms with E-state index in [1.165, 1.54) is 70.3 Å². The second-order valence-electron chi connectivity index (χ2n) is 10.6. The first-order valence-electron chi connectivity index (χ1n) is 12.8. The summed E-state index contributed by atoms with van der Waals surface area (Å²) in [4.78, 5) is 0. The predicted octanol–water partition coefficient (Wildman–Crippen LogP) is 8.44. The lowest BCUT2D eigenvalue weighted by Gasteiger charge is -2.45. The highest BCUT2D eigenvalue weighted by molar-refractivity contribution is 5.33. The lowest BCUT2D eigenvalue weighted by molar-refractivity contribution is 0.0616. The van der Waals surface area contributed by atoms with Crippen molar-refractivity contribution in [1.29, 1.82) is 0 Å². The van der Waals surface area contributed by atoms with Gasteiger partial charge in [0.1, 0.15) is 6.61 Å². The van der Waals surface area contributed by atoms with E-state index < -0.39 is 11.6 Å². The van der Waals surface area contributed by atoms with Crippen molar-refractivity contribution in [2.75, 3.05) is 6.61 Å². The Bertz CT molecular complexity index is 737. The number of halogens is 2. The summed E-state index contributed by atoms with van der Waals surface area (Å²) >= 11 is 0. The quantitative estimate of drug-likeness (QED) is 0.394. The summed E-state index contributed by atoms with van der Waals surface area (Å²) < 4.78 is 34.4. The molecule has 0 aliphatic heterocycles. The van der Waals surface area contributed by atoms with Crippen molar-refractivity contribution in [1.82, 2.24) is 0 Å². The average Bonchev–Trinajstić information content (AvgIpc) is 2.80. The van der Waals surface area contributed by atoms with Gasteiger partial charge in [-0.2, -0.15) is 4.39 Å². The first kappa shape index (κ1) is 22.8. The number of hydrogen-bond donors (Lipinski definition) is 0. The summed E-state index contributed by atoms with van der Waals surface area (Å²) in [5, 5.41) is 0. The minimum absolute atomic E-state index is 0.0137. The van der Waals surface area contributed by atoms with Gasteiger partial charge in [-0.3, -0.25) is 0 Å². The van der Waals surface area contributed by atoms with Gasteiger partial charge < -0.3 is 4.74 Å². The third-order valence-electron chi connectivity index (χ3n) is 8.77. The van der Waals surface area contributed by atoms with Crippen LogP contribution in [-0.4, -0.2) is 6.61 Å². The maximum Gasteiger partial charge on any atom is 0.200 e. The van der Waals surface area contributed by atoms with Gasteiger partial charge in [-0.1, -0.05) is 44.9 Å². The predicted molar refractivity (Wildman–Crippen MR) is 123 cm³/mol. The third-order valence-corrected chi connectivity index (χ3v) is 8.77. The van der Waals surface area contributed by atoms with Crippen molar-refractivity contribution >= 4 is 0 Å². The van der Waals surface area contributed by atoms with Gasteiger partial charge in [0.15, 0.2) is 11.6 Å². The fourth-order valence-electron chi connectivity index (χ4n) is 7.15. The van der Waals surface area contributed by atoms with E-state index in [1.807, 2.05) is 0 Å². The fraction of sp³-hybridized carbons (Fsp3) is 0.714. The first-order valence-corrected chi connectivity index (χ1v) is 12.8. The van der Waals surface area contributed by atoms with E-state index in [4.69, 9.17) is 4.74 Å². The van der Waals surface area contributed by atoms with Crippen LogP contribution < -0.4 is 4.74 Å². The van der Waals surface area contributed by atoms with Crippen LogP contribution in [0.3, 0.4) is 0 Å². The summed E-state index contributed by atoms with van der Waals surface area (Å²) in [5.74, 6) is 3.14. The lowest BCUT2D eigenvalue weighted by atomic mass is 9.60. The van der Waals surface area contributed by atoms with Crippen LogP contribution >= 0.6 is 0 Å². The number of rotatable bonds is 7. The van der Waals surface area contributed by atoms with Crippen molar-refractivity contribution in [3.05, 3.63) is 42.0 Å². The molecule has 172 valence electrons.